The molecule has 1 aromatic heterocycles. The van der Waals surface area contributed by atoms with Crippen molar-refractivity contribution in [2.45, 2.75) is 26.6 Å². The zero-order valence-corrected chi connectivity index (χ0v) is 11.5. The van der Waals surface area contributed by atoms with Crippen molar-refractivity contribution in [3.63, 3.8) is 0 Å². The van der Waals surface area contributed by atoms with Gasteiger partial charge >= 0.3 is 6.18 Å². The van der Waals surface area contributed by atoms with Crippen LogP contribution in [0, 0.1) is 13.8 Å². The van der Waals surface area contributed by atoms with Crippen LogP contribution >= 0.6 is 0 Å². The maximum absolute atomic E-state index is 12.8. The highest BCUT2D eigenvalue weighted by atomic mass is 19.4. The highest BCUT2D eigenvalue weighted by molar-refractivity contribution is 5.49. The third-order valence-corrected chi connectivity index (χ3v) is 3.12. The van der Waals surface area contributed by atoms with E-state index < -0.39 is 11.7 Å². The Labute approximate surface area is 115 Å². The van der Waals surface area contributed by atoms with Crippen LogP contribution in [0.25, 0.3) is 0 Å². The van der Waals surface area contributed by atoms with Gasteiger partial charge in [0, 0.05) is 12.7 Å². The number of hydrogen-bond donors (Lipinski definition) is 1. The third kappa shape index (κ3) is 3.12. The van der Waals surface area contributed by atoms with Crippen molar-refractivity contribution < 1.29 is 13.2 Å². The lowest BCUT2D eigenvalue weighted by Crippen LogP contribution is -2.10. The number of nitrogens with zero attached hydrogens (tertiary/aromatic N) is 2. The number of halogens is 3. The van der Waals surface area contributed by atoms with Crippen LogP contribution in [0.15, 0.2) is 24.3 Å². The summed E-state index contributed by atoms with van der Waals surface area (Å²) < 4.78 is 40.2. The van der Waals surface area contributed by atoms with Gasteiger partial charge in [0.2, 0.25) is 0 Å². The molecule has 0 unspecified atom stereocenters. The molecule has 1 N–H and O–H groups in total. The number of benzene rings is 1. The number of aromatic nitrogens is 2. The molecular weight excluding hydrogens is 267 g/mol. The summed E-state index contributed by atoms with van der Waals surface area (Å²) in [4.78, 5) is 0. The van der Waals surface area contributed by atoms with Crippen molar-refractivity contribution in [3.8, 4) is 0 Å². The van der Waals surface area contributed by atoms with Crippen LogP contribution < -0.4 is 5.32 Å². The standard InChI is InChI=1S/C14H16F3N3/c1-9-4-5-11(7-13(9)14(15,16)17)18-8-12-6-10(2)19-20(12)3/h4-7,18H,8H2,1-3H3. The maximum Gasteiger partial charge on any atom is 0.416 e. The molecule has 1 heterocycles. The van der Waals surface area contributed by atoms with Gasteiger partial charge in [-0.05, 0) is 37.6 Å². The second-order valence-electron chi connectivity index (χ2n) is 4.78. The molecule has 2 aromatic rings. The Morgan fingerprint density at radius 1 is 1.20 bits per heavy atom. The fourth-order valence-corrected chi connectivity index (χ4v) is 2.06. The van der Waals surface area contributed by atoms with Gasteiger partial charge in [-0.3, -0.25) is 4.68 Å². The van der Waals surface area contributed by atoms with Gasteiger partial charge in [-0.1, -0.05) is 6.07 Å². The van der Waals surface area contributed by atoms with Crippen molar-refractivity contribution in [3.05, 3.63) is 46.8 Å². The van der Waals surface area contributed by atoms with E-state index in [1.807, 2.05) is 13.0 Å². The molecule has 6 heteroatoms. The van der Waals surface area contributed by atoms with Crippen LogP contribution in [-0.4, -0.2) is 9.78 Å². The Morgan fingerprint density at radius 3 is 2.45 bits per heavy atom. The summed E-state index contributed by atoms with van der Waals surface area (Å²) in [5.41, 5.74) is 1.85. The zero-order valence-electron chi connectivity index (χ0n) is 11.5. The van der Waals surface area contributed by atoms with Crippen molar-refractivity contribution in [2.24, 2.45) is 7.05 Å². The van der Waals surface area contributed by atoms with Gasteiger partial charge < -0.3 is 5.32 Å². The maximum atomic E-state index is 12.8. The van der Waals surface area contributed by atoms with Gasteiger partial charge in [0.1, 0.15) is 0 Å². The van der Waals surface area contributed by atoms with E-state index in [1.54, 1.807) is 17.8 Å². The Bertz CT molecular complexity index is 615. The molecule has 0 aliphatic carbocycles. The van der Waals surface area contributed by atoms with Gasteiger partial charge in [0.15, 0.2) is 0 Å². The van der Waals surface area contributed by atoms with Gasteiger partial charge in [-0.25, -0.2) is 0 Å². The quantitative estimate of drug-likeness (QED) is 0.931. The molecule has 108 valence electrons. The highest BCUT2D eigenvalue weighted by Gasteiger charge is 2.32. The van der Waals surface area contributed by atoms with E-state index in [0.717, 1.165) is 17.5 Å². The van der Waals surface area contributed by atoms with E-state index >= 15 is 0 Å². The molecule has 2 rings (SSSR count). The molecule has 0 atom stereocenters. The fourth-order valence-electron chi connectivity index (χ4n) is 2.06. The average molecular weight is 283 g/mol. The Hall–Kier alpha value is -1.98. The summed E-state index contributed by atoms with van der Waals surface area (Å²) in [7, 11) is 1.81. The second kappa shape index (κ2) is 5.19. The van der Waals surface area contributed by atoms with Crippen LogP contribution in [-0.2, 0) is 19.8 Å². The molecule has 3 nitrogen and oxygen atoms in total. The summed E-state index contributed by atoms with van der Waals surface area (Å²) in [6, 6.07) is 6.15. The summed E-state index contributed by atoms with van der Waals surface area (Å²) in [6.45, 7) is 3.76. The minimum atomic E-state index is -4.33. The molecule has 0 radical (unpaired) electrons. The molecular formula is C14H16F3N3. The number of hydrogen-bond acceptors (Lipinski definition) is 2. The fraction of sp³-hybridized carbons (Fsp3) is 0.357. The molecule has 20 heavy (non-hydrogen) atoms. The van der Waals surface area contributed by atoms with E-state index in [-0.39, 0.29) is 5.56 Å². The second-order valence-corrected chi connectivity index (χ2v) is 4.78. The summed E-state index contributed by atoms with van der Waals surface area (Å²) in [5.74, 6) is 0. The number of alkyl halides is 3. The minimum absolute atomic E-state index is 0.222. The molecule has 0 saturated carbocycles. The lowest BCUT2D eigenvalue weighted by molar-refractivity contribution is -0.138. The number of nitrogens with one attached hydrogen (secondary N) is 1. The van der Waals surface area contributed by atoms with E-state index in [1.165, 1.54) is 13.0 Å². The normalized spacial score (nSPS) is 11.7. The van der Waals surface area contributed by atoms with Crippen LogP contribution in [0.3, 0.4) is 0 Å². The van der Waals surface area contributed by atoms with Gasteiger partial charge in [0.25, 0.3) is 0 Å². The van der Waals surface area contributed by atoms with Crippen molar-refractivity contribution in [1.82, 2.24) is 9.78 Å². The Morgan fingerprint density at radius 2 is 1.90 bits per heavy atom. The molecule has 0 bridgehead atoms. The number of anilines is 1. The SMILES string of the molecule is Cc1cc(CNc2ccc(C)c(C(F)(F)F)c2)n(C)n1. The largest absolute Gasteiger partial charge is 0.416 e. The number of rotatable bonds is 3. The lowest BCUT2D eigenvalue weighted by Gasteiger charge is -2.13. The van der Waals surface area contributed by atoms with Gasteiger partial charge in [-0.2, -0.15) is 18.3 Å². The summed E-state index contributed by atoms with van der Waals surface area (Å²) >= 11 is 0. The Kier molecular flexibility index (Phi) is 3.74. The Balaban J connectivity index is 2.16. The predicted molar refractivity (Wildman–Crippen MR) is 71.5 cm³/mol. The molecule has 0 aliphatic rings. The summed E-state index contributed by atoms with van der Waals surface area (Å²) in [5, 5.41) is 7.18. The smallest absolute Gasteiger partial charge is 0.379 e. The van der Waals surface area contributed by atoms with Crippen molar-refractivity contribution >= 4 is 5.69 Å². The van der Waals surface area contributed by atoms with Gasteiger partial charge in [0.05, 0.1) is 23.5 Å². The first-order chi connectivity index (χ1) is 9.27. The van der Waals surface area contributed by atoms with Crippen LogP contribution in [0.4, 0.5) is 18.9 Å². The first-order valence-corrected chi connectivity index (χ1v) is 6.18. The minimum Gasteiger partial charge on any atom is -0.379 e. The van der Waals surface area contributed by atoms with E-state index in [4.69, 9.17) is 0 Å². The molecule has 0 spiro atoms. The topological polar surface area (TPSA) is 29.9 Å². The average Bonchev–Trinajstić information content (AvgIpc) is 2.65. The van der Waals surface area contributed by atoms with Crippen LogP contribution in [0.2, 0.25) is 0 Å². The van der Waals surface area contributed by atoms with E-state index in [2.05, 4.69) is 10.4 Å². The third-order valence-electron chi connectivity index (χ3n) is 3.12. The van der Waals surface area contributed by atoms with Crippen LogP contribution in [0.5, 0.6) is 0 Å². The molecule has 0 amide bonds. The first kappa shape index (κ1) is 14.4. The van der Waals surface area contributed by atoms with Crippen molar-refractivity contribution in [2.75, 3.05) is 5.32 Å². The molecule has 0 aliphatic heterocycles. The molecule has 0 saturated heterocycles. The van der Waals surface area contributed by atoms with E-state index in [0.29, 0.717) is 12.2 Å². The molecule has 1 aromatic carbocycles. The predicted octanol–water partition coefficient (Wildman–Crippen LogP) is 3.67. The highest BCUT2D eigenvalue weighted by Crippen LogP contribution is 2.33. The van der Waals surface area contributed by atoms with Crippen LogP contribution in [0.1, 0.15) is 22.5 Å². The summed E-state index contributed by atoms with van der Waals surface area (Å²) in [6.07, 6.45) is -4.33. The van der Waals surface area contributed by atoms with E-state index in [9.17, 15) is 13.2 Å². The monoisotopic (exact) mass is 283 g/mol. The lowest BCUT2D eigenvalue weighted by atomic mass is 10.1. The molecule has 0 fully saturated rings. The number of aryl methyl sites for hydroxylation is 3. The zero-order chi connectivity index (χ0) is 14.9. The first-order valence-electron chi connectivity index (χ1n) is 6.18. The van der Waals surface area contributed by atoms with Crippen molar-refractivity contribution in [1.29, 1.82) is 0 Å². The van der Waals surface area contributed by atoms with Gasteiger partial charge in [-0.15, -0.1) is 0 Å².